The second-order valence-corrected chi connectivity index (χ2v) is 4.74. The molecule has 1 heterocycles. The fourth-order valence-corrected chi connectivity index (χ4v) is 2.44. The van der Waals surface area contributed by atoms with Crippen molar-refractivity contribution in [3.05, 3.63) is 29.8 Å². The quantitative estimate of drug-likeness (QED) is 0.879. The van der Waals surface area contributed by atoms with Crippen LogP contribution in [0, 0.1) is 0 Å². The summed E-state index contributed by atoms with van der Waals surface area (Å²) in [6, 6.07) is 8.19. The van der Waals surface area contributed by atoms with E-state index in [4.69, 9.17) is 15.5 Å². The molecule has 0 radical (unpaired) electrons. The number of nitrogens with zero attached hydrogens (tertiary/aromatic N) is 2. The highest BCUT2D eigenvalue weighted by atomic mass is 16.5. The second-order valence-electron chi connectivity index (χ2n) is 4.74. The van der Waals surface area contributed by atoms with E-state index in [2.05, 4.69) is 24.8 Å². The van der Waals surface area contributed by atoms with E-state index in [1.807, 2.05) is 18.2 Å². The lowest BCUT2D eigenvalue weighted by Gasteiger charge is -2.23. The molecule has 4 nitrogen and oxygen atoms in total. The maximum absolute atomic E-state index is 5.74. The molecule has 0 saturated heterocycles. The Kier molecular flexibility index (Phi) is 4.79. The summed E-state index contributed by atoms with van der Waals surface area (Å²) in [5.41, 5.74) is 7.92. The first-order chi connectivity index (χ1) is 9.73. The van der Waals surface area contributed by atoms with Crippen LogP contribution in [0.15, 0.2) is 24.3 Å². The van der Waals surface area contributed by atoms with Crippen molar-refractivity contribution in [2.24, 2.45) is 5.73 Å². The molecule has 0 fully saturated rings. The van der Waals surface area contributed by atoms with Crippen LogP contribution in [0.5, 0.6) is 5.75 Å². The maximum Gasteiger partial charge on any atom is 0.132 e. The summed E-state index contributed by atoms with van der Waals surface area (Å²) in [5.74, 6) is 1.88. The van der Waals surface area contributed by atoms with Crippen molar-refractivity contribution in [2.45, 2.75) is 20.3 Å². The molecule has 2 aromatic rings. The Balaban J connectivity index is 2.58. The SMILES string of the molecule is CCN(CC)c1nc2cc(OC)ccc2cc1CCN. The molecule has 2 rings (SSSR count). The molecule has 0 aliphatic carbocycles. The van der Waals surface area contributed by atoms with Gasteiger partial charge in [-0.15, -0.1) is 0 Å². The molecule has 0 aliphatic rings. The molecule has 0 aliphatic heterocycles. The summed E-state index contributed by atoms with van der Waals surface area (Å²) in [6.07, 6.45) is 0.848. The minimum atomic E-state index is 0.637. The van der Waals surface area contributed by atoms with Gasteiger partial charge in [0.2, 0.25) is 0 Å². The molecule has 0 saturated carbocycles. The fraction of sp³-hybridized carbons (Fsp3) is 0.438. The van der Waals surface area contributed by atoms with Gasteiger partial charge in [0.25, 0.3) is 0 Å². The van der Waals surface area contributed by atoms with E-state index in [-0.39, 0.29) is 0 Å². The van der Waals surface area contributed by atoms with Gasteiger partial charge < -0.3 is 15.4 Å². The molecule has 0 atom stereocenters. The van der Waals surface area contributed by atoms with Crippen LogP contribution in [-0.4, -0.2) is 31.7 Å². The van der Waals surface area contributed by atoms with Gasteiger partial charge in [0.1, 0.15) is 11.6 Å². The van der Waals surface area contributed by atoms with E-state index in [1.165, 1.54) is 5.56 Å². The van der Waals surface area contributed by atoms with Crippen LogP contribution in [-0.2, 0) is 6.42 Å². The van der Waals surface area contributed by atoms with Crippen molar-refractivity contribution in [2.75, 3.05) is 31.6 Å². The number of fused-ring (bicyclic) bond motifs is 1. The predicted molar refractivity (Wildman–Crippen MR) is 84.6 cm³/mol. The fourth-order valence-electron chi connectivity index (χ4n) is 2.44. The highest BCUT2D eigenvalue weighted by molar-refractivity contribution is 5.83. The average Bonchev–Trinajstić information content (AvgIpc) is 2.48. The van der Waals surface area contributed by atoms with Gasteiger partial charge in [-0.2, -0.15) is 0 Å². The molecule has 0 spiro atoms. The van der Waals surface area contributed by atoms with E-state index in [9.17, 15) is 0 Å². The molecule has 0 bridgehead atoms. The summed E-state index contributed by atoms with van der Waals surface area (Å²) in [6.45, 7) is 6.81. The number of ether oxygens (including phenoxy) is 1. The van der Waals surface area contributed by atoms with Crippen molar-refractivity contribution in [3.8, 4) is 5.75 Å². The first-order valence-electron chi connectivity index (χ1n) is 7.16. The minimum absolute atomic E-state index is 0.637. The van der Waals surface area contributed by atoms with E-state index >= 15 is 0 Å². The zero-order valence-electron chi connectivity index (χ0n) is 12.5. The molecule has 20 heavy (non-hydrogen) atoms. The number of rotatable bonds is 6. The molecule has 1 aromatic heterocycles. The first kappa shape index (κ1) is 14.6. The van der Waals surface area contributed by atoms with Crippen LogP contribution in [0.1, 0.15) is 19.4 Å². The molecule has 0 amide bonds. The number of benzene rings is 1. The largest absolute Gasteiger partial charge is 0.497 e. The van der Waals surface area contributed by atoms with Crippen molar-refractivity contribution >= 4 is 16.7 Å². The average molecular weight is 273 g/mol. The van der Waals surface area contributed by atoms with E-state index < -0.39 is 0 Å². The zero-order chi connectivity index (χ0) is 14.5. The Morgan fingerprint density at radius 2 is 1.95 bits per heavy atom. The van der Waals surface area contributed by atoms with Gasteiger partial charge in [0.15, 0.2) is 0 Å². The molecule has 108 valence electrons. The monoisotopic (exact) mass is 273 g/mol. The van der Waals surface area contributed by atoms with Gasteiger partial charge in [-0.1, -0.05) is 0 Å². The lowest BCUT2D eigenvalue weighted by Crippen LogP contribution is -2.25. The van der Waals surface area contributed by atoms with E-state index in [0.717, 1.165) is 42.0 Å². The molecular formula is C16H23N3O. The highest BCUT2D eigenvalue weighted by Gasteiger charge is 2.12. The lowest BCUT2D eigenvalue weighted by molar-refractivity contribution is 0.415. The van der Waals surface area contributed by atoms with Crippen molar-refractivity contribution < 1.29 is 4.74 Å². The maximum atomic E-state index is 5.74. The minimum Gasteiger partial charge on any atom is -0.497 e. The van der Waals surface area contributed by atoms with Crippen molar-refractivity contribution in [1.82, 2.24) is 4.98 Å². The molecule has 2 N–H and O–H groups in total. The van der Waals surface area contributed by atoms with Gasteiger partial charge >= 0.3 is 0 Å². The lowest BCUT2D eigenvalue weighted by atomic mass is 10.1. The summed E-state index contributed by atoms with van der Waals surface area (Å²) in [5, 5.41) is 1.13. The number of aromatic nitrogens is 1. The van der Waals surface area contributed by atoms with Crippen LogP contribution in [0.2, 0.25) is 0 Å². The molecule has 0 unspecified atom stereocenters. The zero-order valence-corrected chi connectivity index (χ0v) is 12.5. The normalized spacial score (nSPS) is 10.8. The predicted octanol–water partition coefficient (Wildman–Crippen LogP) is 2.59. The summed E-state index contributed by atoms with van der Waals surface area (Å²) >= 11 is 0. The van der Waals surface area contributed by atoms with Gasteiger partial charge in [-0.25, -0.2) is 4.98 Å². The Labute approximate surface area is 120 Å². The Hall–Kier alpha value is -1.81. The third-order valence-electron chi connectivity index (χ3n) is 3.56. The van der Waals surface area contributed by atoms with Crippen LogP contribution in [0.4, 0.5) is 5.82 Å². The number of methoxy groups -OCH3 is 1. The van der Waals surface area contributed by atoms with Crippen LogP contribution in [0.25, 0.3) is 10.9 Å². The number of nitrogens with two attached hydrogens (primary N) is 1. The van der Waals surface area contributed by atoms with Crippen LogP contribution >= 0.6 is 0 Å². The second kappa shape index (κ2) is 6.57. The topological polar surface area (TPSA) is 51.4 Å². The third kappa shape index (κ3) is 2.85. The third-order valence-corrected chi connectivity index (χ3v) is 3.56. The number of hydrogen-bond donors (Lipinski definition) is 1. The van der Waals surface area contributed by atoms with E-state index in [0.29, 0.717) is 6.54 Å². The van der Waals surface area contributed by atoms with Crippen LogP contribution < -0.4 is 15.4 Å². The smallest absolute Gasteiger partial charge is 0.132 e. The number of hydrogen-bond acceptors (Lipinski definition) is 4. The molecule has 4 heteroatoms. The van der Waals surface area contributed by atoms with Crippen LogP contribution in [0.3, 0.4) is 0 Å². The van der Waals surface area contributed by atoms with Gasteiger partial charge in [-0.3, -0.25) is 0 Å². The molecular weight excluding hydrogens is 250 g/mol. The standard InChI is InChI=1S/C16H23N3O/c1-4-19(5-2)16-13(8-9-17)10-12-6-7-14(20-3)11-15(12)18-16/h6-7,10-11H,4-5,8-9,17H2,1-3H3. The summed E-state index contributed by atoms with van der Waals surface area (Å²) in [4.78, 5) is 7.10. The first-order valence-corrected chi connectivity index (χ1v) is 7.16. The number of pyridine rings is 1. The van der Waals surface area contributed by atoms with Gasteiger partial charge in [0.05, 0.1) is 12.6 Å². The number of anilines is 1. The van der Waals surface area contributed by atoms with E-state index in [1.54, 1.807) is 7.11 Å². The Morgan fingerprint density at radius 1 is 1.20 bits per heavy atom. The van der Waals surface area contributed by atoms with Gasteiger partial charge in [-0.05, 0) is 50.6 Å². The Bertz CT molecular complexity index is 579. The van der Waals surface area contributed by atoms with Gasteiger partial charge in [0, 0.05) is 24.5 Å². The highest BCUT2D eigenvalue weighted by Crippen LogP contribution is 2.26. The van der Waals surface area contributed by atoms with Crippen molar-refractivity contribution in [3.63, 3.8) is 0 Å². The summed E-state index contributed by atoms with van der Waals surface area (Å²) < 4.78 is 5.28. The van der Waals surface area contributed by atoms with Crippen molar-refractivity contribution in [1.29, 1.82) is 0 Å². The Morgan fingerprint density at radius 3 is 2.55 bits per heavy atom. The molecule has 1 aromatic carbocycles. The summed E-state index contributed by atoms with van der Waals surface area (Å²) in [7, 11) is 1.68.